The number of hydrogen-bond acceptors (Lipinski definition) is 4. The molecule has 0 atom stereocenters. The molecular weight excluding hydrogens is 401 g/mol. The van der Waals surface area contributed by atoms with Crippen molar-refractivity contribution in [1.29, 1.82) is 0 Å². The third kappa shape index (κ3) is 5.33. The fraction of sp³-hybridized carbons (Fsp3) is 0.125. The van der Waals surface area contributed by atoms with Gasteiger partial charge in [0.05, 0.1) is 12.1 Å². The number of halogens is 1. The summed E-state index contributed by atoms with van der Waals surface area (Å²) in [5, 5.41) is 19.1. The van der Waals surface area contributed by atoms with E-state index in [1.54, 1.807) is 19.2 Å². The molecular formula is C24H20FNO5. The number of aliphatic hydroxyl groups excluding tert-OH is 1. The molecule has 0 amide bonds. The number of carbonyl (C=O) groups excluding carboxylic acids is 1. The normalized spacial score (nSPS) is 11.4. The highest BCUT2D eigenvalue weighted by atomic mass is 19.1. The van der Waals surface area contributed by atoms with Crippen LogP contribution < -0.4 is 5.56 Å². The average Bonchev–Trinajstić information content (AvgIpc) is 2.72. The number of rotatable bonds is 7. The van der Waals surface area contributed by atoms with Gasteiger partial charge in [-0.1, -0.05) is 36.4 Å². The maximum absolute atomic E-state index is 13.4. The Hall–Kier alpha value is -4.00. The number of benzene rings is 2. The van der Waals surface area contributed by atoms with Gasteiger partial charge in [0.25, 0.3) is 11.3 Å². The molecule has 1 heterocycles. The maximum Gasteiger partial charge on any atom is 0.376 e. The summed E-state index contributed by atoms with van der Waals surface area (Å²) in [6.07, 6.45) is 2.49. The number of aliphatic carboxylic acids is 1. The standard InChI is InChI=1S/C24H20FNO5/c1-15-9-19(25)8-7-18(15)10-17-11-20(21(27)12-22(28)24(30)31)23(29)26(14-17)13-16-5-3-2-4-6-16/h2-9,11-12,14,27H,10,13H2,1H3,(H,30,31). The predicted octanol–water partition coefficient (Wildman–Crippen LogP) is 3.49. The number of carbonyl (C=O) groups is 2. The number of nitrogens with zero attached hydrogens (tertiary/aromatic N) is 1. The van der Waals surface area contributed by atoms with E-state index in [4.69, 9.17) is 5.11 Å². The van der Waals surface area contributed by atoms with E-state index in [9.17, 15) is 23.9 Å². The molecule has 6 nitrogen and oxygen atoms in total. The Bertz CT molecular complexity index is 1230. The molecule has 7 heteroatoms. The van der Waals surface area contributed by atoms with Gasteiger partial charge in [0, 0.05) is 12.3 Å². The van der Waals surface area contributed by atoms with Gasteiger partial charge in [-0.25, -0.2) is 9.18 Å². The number of hydrogen-bond donors (Lipinski definition) is 2. The SMILES string of the molecule is Cc1cc(F)ccc1Cc1cc(C(O)=CC(=O)C(=O)O)c(=O)n(Cc2ccccc2)c1. The van der Waals surface area contributed by atoms with Crippen molar-refractivity contribution in [1.82, 2.24) is 4.57 Å². The minimum Gasteiger partial charge on any atom is -0.507 e. The highest BCUT2D eigenvalue weighted by Gasteiger charge is 2.16. The van der Waals surface area contributed by atoms with E-state index in [2.05, 4.69) is 0 Å². The van der Waals surface area contributed by atoms with Crippen molar-refractivity contribution < 1.29 is 24.2 Å². The Morgan fingerprint density at radius 2 is 1.74 bits per heavy atom. The largest absolute Gasteiger partial charge is 0.507 e. The molecule has 3 rings (SSSR count). The molecule has 0 aliphatic rings. The second kappa shape index (κ2) is 9.21. The van der Waals surface area contributed by atoms with Gasteiger partial charge in [0.1, 0.15) is 11.6 Å². The topological polar surface area (TPSA) is 96.6 Å². The lowest BCUT2D eigenvalue weighted by Crippen LogP contribution is -2.25. The third-order valence-corrected chi connectivity index (χ3v) is 4.79. The minimum absolute atomic E-state index is 0.192. The highest BCUT2D eigenvalue weighted by molar-refractivity contribution is 6.38. The van der Waals surface area contributed by atoms with Gasteiger partial charge >= 0.3 is 5.97 Å². The fourth-order valence-corrected chi connectivity index (χ4v) is 3.22. The molecule has 0 saturated carbocycles. The summed E-state index contributed by atoms with van der Waals surface area (Å²) in [6, 6.07) is 15.0. The minimum atomic E-state index is -1.74. The summed E-state index contributed by atoms with van der Waals surface area (Å²) in [5.41, 5.74) is 2.25. The molecule has 0 aliphatic heterocycles. The van der Waals surface area contributed by atoms with Gasteiger partial charge in [-0.05, 0) is 53.8 Å². The van der Waals surface area contributed by atoms with Crippen LogP contribution in [0.25, 0.3) is 5.76 Å². The Morgan fingerprint density at radius 1 is 1.03 bits per heavy atom. The number of aliphatic hydroxyl groups is 1. The number of pyridine rings is 1. The molecule has 2 aromatic carbocycles. The summed E-state index contributed by atoms with van der Waals surface area (Å²) in [5.74, 6) is -4.17. The Kier molecular flexibility index (Phi) is 6.45. The lowest BCUT2D eigenvalue weighted by atomic mass is 10.00. The smallest absolute Gasteiger partial charge is 0.376 e. The fourth-order valence-electron chi connectivity index (χ4n) is 3.22. The molecule has 158 valence electrons. The van der Waals surface area contributed by atoms with Crippen molar-refractivity contribution >= 4 is 17.5 Å². The van der Waals surface area contributed by atoms with E-state index < -0.39 is 23.1 Å². The van der Waals surface area contributed by atoms with E-state index in [-0.39, 0.29) is 17.9 Å². The molecule has 0 unspecified atom stereocenters. The van der Waals surface area contributed by atoms with Crippen LogP contribution >= 0.6 is 0 Å². The molecule has 0 bridgehead atoms. The van der Waals surface area contributed by atoms with E-state index in [0.717, 1.165) is 16.7 Å². The second-order valence-electron chi connectivity index (χ2n) is 7.13. The van der Waals surface area contributed by atoms with Crippen LogP contribution in [0.3, 0.4) is 0 Å². The summed E-state index contributed by atoms with van der Waals surface area (Å²) >= 11 is 0. The summed E-state index contributed by atoms with van der Waals surface area (Å²) in [7, 11) is 0. The first-order chi connectivity index (χ1) is 14.7. The van der Waals surface area contributed by atoms with Crippen LogP contribution in [0, 0.1) is 12.7 Å². The van der Waals surface area contributed by atoms with Crippen molar-refractivity contribution in [2.45, 2.75) is 19.9 Å². The highest BCUT2D eigenvalue weighted by Crippen LogP contribution is 2.18. The number of ketones is 1. The molecule has 1 aromatic heterocycles. The predicted molar refractivity (Wildman–Crippen MR) is 113 cm³/mol. The van der Waals surface area contributed by atoms with Crippen molar-refractivity contribution in [3.8, 4) is 0 Å². The van der Waals surface area contributed by atoms with Gasteiger partial charge in [0.2, 0.25) is 0 Å². The van der Waals surface area contributed by atoms with Crippen LogP contribution in [0.2, 0.25) is 0 Å². The van der Waals surface area contributed by atoms with Crippen molar-refractivity contribution in [3.63, 3.8) is 0 Å². The van der Waals surface area contributed by atoms with Gasteiger partial charge in [0.15, 0.2) is 0 Å². The van der Waals surface area contributed by atoms with E-state index in [1.165, 1.54) is 22.8 Å². The first kappa shape index (κ1) is 21.7. The summed E-state index contributed by atoms with van der Waals surface area (Å²) in [4.78, 5) is 35.2. The Morgan fingerprint density at radius 3 is 2.39 bits per heavy atom. The molecule has 0 aliphatic carbocycles. The van der Waals surface area contributed by atoms with Gasteiger partial charge < -0.3 is 14.8 Å². The summed E-state index contributed by atoms with van der Waals surface area (Å²) in [6.45, 7) is 1.98. The third-order valence-electron chi connectivity index (χ3n) is 4.79. The quantitative estimate of drug-likeness (QED) is 0.346. The van der Waals surface area contributed by atoms with Gasteiger partial charge in [-0.2, -0.15) is 0 Å². The molecule has 0 spiro atoms. The van der Waals surface area contributed by atoms with Crippen LogP contribution in [-0.2, 0) is 22.6 Å². The van der Waals surface area contributed by atoms with Crippen molar-refractivity contribution in [3.05, 3.63) is 111 Å². The lowest BCUT2D eigenvalue weighted by molar-refractivity contribution is -0.146. The Balaban J connectivity index is 2.09. The number of carboxylic acid groups (broad SMARTS) is 1. The van der Waals surface area contributed by atoms with Gasteiger partial charge in [-0.15, -0.1) is 0 Å². The molecule has 3 aromatic rings. The summed E-state index contributed by atoms with van der Waals surface area (Å²) < 4.78 is 14.8. The van der Waals surface area contributed by atoms with Crippen molar-refractivity contribution in [2.75, 3.05) is 0 Å². The number of aryl methyl sites for hydroxylation is 1. The van der Waals surface area contributed by atoms with Crippen LogP contribution in [-0.4, -0.2) is 26.5 Å². The Labute approximate surface area is 177 Å². The van der Waals surface area contributed by atoms with Crippen LogP contribution in [0.4, 0.5) is 4.39 Å². The maximum atomic E-state index is 13.4. The molecule has 31 heavy (non-hydrogen) atoms. The monoisotopic (exact) mass is 421 g/mol. The first-order valence-electron chi connectivity index (χ1n) is 9.45. The first-order valence-corrected chi connectivity index (χ1v) is 9.45. The van der Waals surface area contributed by atoms with E-state index >= 15 is 0 Å². The molecule has 0 radical (unpaired) electrons. The zero-order chi connectivity index (χ0) is 22.5. The lowest BCUT2D eigenvalue weighted by Gasteiger charge is -2.13. The second-order valence-corrected chi connectivity index (χ2v) is 7.13. The zero-order valence-electron chi connectivity index (χ0n) is 16.7. The number of carboxylic acids is 1. The van der Waals surface area contributed by atoms with Crippen LogP contribution in [0.1, 0.15) is 27.8 Å². The van der Waals surface area contributed by atoms with E-state index in [1.807, 2.05) is 30.3 Å². The molecule has 0 fully saturated rings. The van der Waals surface area contributed by atoms with E-state index in [0.29, 0.717) is 18.1 Å². The zero-order valence-corrected chi connectivity index (χ0v) is 16.7. The molecule has 0 saturated heterocycles. The number of aromatic nitrogens is 1. The van der Waals surface area contributed by atoms with Crippen molar-refractivity contribution in [2.24, 2.45) is 0 Å². The van der Waals surface area contributed by atoms with Crippen LogP contribution in [0.5, 0.6) is 0 Å². The molecule has 2 N–H and O–H groups in total. The van der Waals surface area contributed by atoms with Gasteiger partial charge in [-0.3, -0.25) is 9.59 Å². The van der Waals surface area contributed by atoms with Crippen LogP contribution in [0.15, 0.2) is 71.7 Å². The average molecular weight is 421 g/mol.